The van der Waals surface area contributed by atoms with Crippen LogP contribution in [0.4, 0.5) is 0 Å². The molecule has 0 aromatic heterocycles. The highest BCUT2D eigenvalue weighted by molar-refractivity contribution is 7.98. The molecule has 0 aliphatic rings. The van der Waals surface area contributed by atoms with Crippen LogP contribution in [-0.2, 0) is 0 Å². The summed E-state index contributed by atoms with van der Waals surface area (Å²) in [6, 6.07) is 2.14. The Bertz CT molecular complexity index is 131. The molecule has 13 heavy (non-hydrogen) atoms. The second-order valence-electron chi connectivity index (χ2n) is 3.07. The van der Waals surface area contributed by atoms with Crippen molar-refractivity contribution in [2.24, 2.45) is 0 Å². The lowest BCUT2D eigenvalue weighted by Crippen LogP contribution is -2.16. The summed E-state index contributed by atoms with van der Waals surface area (Å²) < 4.78 is 0. The molecule has 0 heterocycles. The van der Waals surface area contributed by atoms with E-state index in [2.05, 4.69) is 17.6 Å². The topological polar surface area (TPSA) is 35.8 Å². The molecular weight excluding hydrogens is 180 g/mol. The Morgan fingerprint density at radius 3 is 2.62 bits per heavy atom. The van der Waals surface area contributed by atoms with Crippen LogP contribution in [0.1, 0.15) is 32.1 Å². The lowest BCUT2D eigenvalue weighted by molar-refractivity contribution is 0.604. The summed E-state index contributed by atoms with van der Waals surface area (Å²) in [6.45, 7) is 2.11. The van der Waals surface area contributed by atoms with Gasteiger partial charge >= 0.3 is 0 Å². The van der Waals surface area contributed by atoms with Gasteiger partial charge in [-0.25, -0.2) is 0 Å². The molecule has 1 N–H and O–H groups in total. The fraction of sp³-hybridized carbons (Fsp3) is 0.900. The van der Waals surface area contributed by atoms with Crippen molar-refractivity contribution in [1.82, 2.24) is 5.32 Å². The Kier molecular flexibility index (Phi) is 11.6. The standard InChI is InChI=1S/C10H20N2S/c1-13-10-6-2-4-8-12-9-5-3-7-11/h12H,2-6,8-10H2,1H3. The van der Waals surface area contributed by atoms with Gasteiger partial charge in [0.25, 0.3) is 0 Å². The minimum atomic E-state index is 0.680. The maximum atomic E-state index is 8.29. The van der Waals surface area contributed by atoms with Gasteiger partial charge in [-0.15, -0.1) is 0 Å². The first kappa shape index (κ1) is 12.8. The quantitative estimate of drug-likeness (QED) is 0.581. The maximum Gasteiger partial charge on any atom is 0.0622 e. The first-order valence-corrected chi connectivity index (χ1v) is 6.38. The first-order valence-electron chi connectivity index (χ1n) is 4.98. The van der Waals surface area contributed by atoms with E-state index in [0.29, 0.717) is 6.42 Å². The summed E-state index contributed by atoms with van der Waals surface area (Å²) in [5.74, 6) is 1.29. The van der Waals surface area contributed by atoms with Crippen molar-refractivity contribution in [3.8, 4) is 6.07 Å². The molecule has 0 aliphatic heterocycles. The average molecular weight is 200 g/mol. The van der Waals surface area contributed by atoms with Gasteiger partial charge in [-0.2, -0.15) is 17.0 Å². The fourth-order valence-electron chi connectivity index (χ4n) is 1.09. The summed E-state index contributed by atoms with van der Waals surface area (Å²) in [5, 5.41) is 11.6. The Hall–Kier alpha value is -0.200. The number of thioether (sulfide) groups is 1. The predicted octanol–water partition coefficient (Wildman–Crippen LogP) is 2.41. The van der Waals surface area contributed by atoms with Crippen LogP contribution in [0.5, 0.6) is 0 Å². The van der Waals surface area contributed by atoms with Gasteiger partial charge in [0.15, 0.2) is 0 Å². The smallest absolute Gasteiger partial charge is 0.0622 e. The van der Waals surface area contributed by atoms with E-state index in [1.54, 1.807) is 0 Å². The van der Waals surface area contributed by atoms with Crippen molar-refractivity contribution >= 4 is 11.8 Å². The van der Waals surface area contributed by atoms with Crippen LogP contribution in [0, 0.1) is 11.3 Å². The molecule has 0 spiro atoms. The summed E-state index contributed by atoms with van der Waals surface area (Å²) in [5.41, 5.74) is 0. The van der Waals surface area contributed by atoms with Gasteiger partial charge in [0.2, 0.25) is 0 Å². The van der Waals surface area contributed by atoms with E-state index in [-0.39, 0.29) is 0 Å². The number of unbranched alkanes of at least 4 members (excludes halogenated alkanes) is 3. The Balaban J connectivity index is 2.80. The highest BCUT2D eigenvalue weighted by Crippen LogP contribution is 2.01. The SMILES string of the molecule is CSCCCCCNCCCC#N. The number of hydrogen-bond acceptors (Lipinski definition) is 3. The molecule has 0 aromatic carbocycles. The summed E-state index contributed by atoms with van der Waals surface area (Å²) in [6.07, 6.45) is 7.75. The zero-order chi connectivity index (χ0) is 9.78. The molecule has 3 heteroatoms. The highest BCUT2D eigenvalue weighted by atomic mass is 32.2. The molecule has 0 aromatic rings. The van der Waals surface area contributed by atoms with Crippen LogP contribution in [0.15, 0.2) is 0 Å². The molecule has 2 nitrogen and oxygen atoms in total. The zero-order valence-corrected chi connectivity index (χ0v) is 9.33. The van der Waals surface area contributed by atoms with Crippen molar-refractivity contribution in [2.45, 2.75) is 32.1 Å². The van der Waals surface area contributed by atoms with E-state index in [4.69, 9.17) is 5.26 Å². The summed E-state index contributed by atoms with van der Waals surface area (Å²) in [4.78, 5) is 0. The lowest BCUT2D eigenvalue weighted by Gasteiger charge is -2.02. The number of nitriles is 1. The largest absolute Gasteiger partial charge is 0.317 e. The third kappa shape index (κ3) is 11.8. The van der Waals surface area contributed by atoms with E-state index in [0.717, 1.165) is 19.5 Å². The third-order valence-corrected chi connectivity index (χ3v) is 2.54. The van der Waals surface area contributed by atoms with E-state index >= 15 is 0 Å². The second-order valence-corrected chi connectivity index (χ2v) is 4.05. The Morgan fingerprint density at radius 2 is 1.92 bits per heavy atom. The average Bonchev–Trinajstić information content (AvgIpc) is 2.16. The second kappa shape index (κ2) is 11.8. The number of rotatable bonds is 9. The molecule has 0 amide bonds. The van der Waals surface area contributed by atoms with Gasteiger partial charge in [-0.05, 0) is 44.4 Å². The third-order valence-electron chi connectivity index (χ3n) is 1.84. The van der Waals surface area contributed by atoms with E-state index in [1.165, 1.54) is 25.0 Å². The van der Waals surface area contributed by atoms with Crippen molar-refractivity contribution in [3.63, 3.8) is 0 Å². The molecule has 0 rings (SSSR count). The molecular formula is C10H20N2S. The van der Waals surface area contributed by atoms with Gasteiger partial charge in [-0.3, -0.25) is 0 Å². The minimum absolute atomic E-state index is 0.680. The van der Waals surface area contributed by atoms with Crippen molar-refractivity contribution in [2.75, 3.05) is 25.1 Å². The Labute approximate surface area is 86.1 Å². The summed E-state index contributed by atoms with van der Waals surface area (Å²) in [7, 11) is 0. The summed E-state index contributed by atoms with van der Waals surface area (Å²) >= 11 is 1.92. The van der Waals surface area contributed by atoms with E-state index in [1.807, 2.05) is 11.8 Å². The van der Waals surface area contributed by atoms with Crippen LogP contribution in [0.3, 0.4) is 0 Å². The van der Waals surface area contributed by atoms with Crippen LogP contribution >= 0.6 is 11.8 Å². The van der Waals surface area contributed by atoms with Crippen molar-refractivity contribution < 1.29 is 0 Å². The normalized spacial score (nSPS) is 9.85. The molecule has 0 unspecified atom stereocenters. The zero-order valence-electron chi connectivity index (χ0n) is 8.51. The molecule has 76 valence electrons. The van der Waals surface area contributed by atoms with Crippen LogP contribution in [0.25, 0.3) is 0 Å². The molecule has 0 fully saturated rings. The number of hydrogen-bond donors (Lipinski definition) is 1. The lowest BCUT2D eigenvalue weighted by atomic mass is 10.2. The van der Waals surface area contributed by atoms with E-state index in [9.17, 15) is 0 Å². The van der Waals surface area contributed by atoms with Crippen molar-refractivity contribution in [3.05, 3.63) is 0 Å². The number of nitrogens with one attached hydrogen (secondary N) is 1. The Morgan fingerprint density at radius 1 is 1.15 bits per heavy atom. The van der Waals surface area contributed by atoms with Gasteiger partial charge in [-0.1, -0.05) is 6.42 Å². The molecule has 0 aliphatic carbocycles. The fourth-order valence-corrected chi connectivity index (χ4v) is 1.58. The highest BCUT2D eigenvalue weighted by Gasteiger charge is 1.89. The predicted molar refractivity (Wildman–Crippen MR) is 59.9 cm³/mol. The minimum Gasteiger partial charge on any atom is -0.317 e. The van der Waals surface area contributed by atoms with Crippen molar-refractivity contribution in [1.29, 1.82) is 5.26 Å². The molecule has 0 saturated heterocycles. The molecule has 0 bridgehead atoms. The van der Waals surface area contributed by atoms with Crippen LogP contribution in [0.2, 0.25) is 0 Å². The van der Waals surface area contributed by atoms with E-state index < -0.39 is 0 Å². The van der Waals surface area contributed by atoms with Gasteiger partial charge in [0, 0.05) is 6.42 Å². The molecule has 0 saturated carbocycles. The molecule has 0 radical (unpaired) electrons. The van der Waals surface area contributed by atoms with Gasteiger partial charge < -0.3 is 5.32 Å². The molecule has 0 atom stereocenters. The maximum absolute atomic E-state index is 8.29. The van der Waals surface area contributed by atoms with Gasteiger partial charge in [0.05, 0.1) is 6.07 Å². The number of nitrogens with zero attached hydrogens (tertiary/aromatic N) is 1. The van der Waals surface area contributed by atoms with Gasteiger partial charge in [0.1, 0.15) is 0 Å². The monoisotopic (exact) mass is 200 g/mol. The van der Waals surface area contributed by atoms with Crippen LogP contribution in [-0.4, -0.2) is 25.1 Å². The van der Waals surface area contributed by atoms with Crippen LogP contribution < -0.4 is 5.32 Å². The first-order chi connectivity index (χ1) is 6.41.